The average Bonchev–Trinajstić information content (AvgIpc) is 2.43. The average molecular weight is 314 g/mol. The van der Waals surface area contributed by atoms with Crippen LogP contribution in [0.25, 0.3) is 0 Å². The highest BCUT2D eigenvalue weighted by atomic mass is 35.5. The number of nitro benzene ring substituents is 1. The fourth-order valence-electron chi connectivity index (χ4n) is 2.38. The van der Waals surface area contributed by atoms with Crippen molar-refractivity contribution in [3.8, 4) is 0 Å². The third kappa shape index (κ3) is 3.62. The molecule has 4 N–H and O–H groups in total. The van der Waals surface area contributed by atoms with Crippen LogP contribution >= 0.6 is 11.6 Å². The molecular formula is C13H16ClN3O4. The van der Waals surface area contributed by atoms with Crippen LogP contribution in [0.5, 0.6) is 0 Å². The Labute approximate surface area is 126 Å². The second-order valence-corrected chi connectivity index (χ2v) is 5.53. The van der Waals surface area contributed by atoms with Crippen LogP contribution in [0, 0.1) is 10.1 Å². The third-order valence-corrected chi connectivity index (χ3v) is 3.91. The van der Waals surface area contributed by atoms with E-state index in [1.165, 1.54) is 0 Å². The lowest BCUT2D eigenvalue weighted by Crippen LogP contribution is -2.38. The number of hydrogen-bond donors (Lipinski definition) is 3. The highest BCUT2D eigenvalue weighted by molar-refractivity contribution is 6.34. The molecule has 0 heterocycles. The number of carbonyl (C=O) groups is 1. The summed E-state index contributed by atoms with van der Waals surface area (Å²) in [6.07, 6.45) is 2.24. The van der Waals surface area contributed by atoms with Crippen molar-refractivity contribution in [2.24, 2.45) is 0 Å². The molecule has 0 unspecified atom stereocenters. The molecule has 0 atom stereocenters. The number of aliphatic hydroxyl groups is 1. The number of hydrogen-bond acceptors (Lipinski definition) is 5. The second kappa shape index (κ2) is 6.28. The van der Waals surface area contributed by atoms with Crippen LogP contribution in [0.4, 0.5) is 11.4 Å². The Morgan fingerprint density at radius 3 is 2.57 bits per heavy atom. The smallest absolute Gasteiger partial charge is 0.271 e. The number of carbonyl (C=O) groups excluding carboxylic acids is 1. The van der Waals surface area contributed by atoms with Crippen LogP contribution in [-0.4, -0.2) is 28.1 Å². The maximum absolute atomic E-state index is 12.2. The molecule has 2 rings (SSSR count). The van der Waals surface area contributed by atoms with Gasteiger partial charge < -0.3 is 16.2 Å². The van der Waals surface area contributed by atoms with Crippen molar-refractivity contribution < 1.29 is 14.8 Å². The Morgan fingerprint density at radius 1 is 1.38 bits per heavy atom. The van der Waals surface area contributed by atoms with E-state index in [1.54, 1.807) is 0 Å². The van der Waals surface area contributed by atoms with Gasteiger partial charge in [0.1, 0.15) is 0 Å². The van der Waals surface area contributed by atoms with Gasteiger partial charge in [0.25, 0.3) is 11.6 Å². The van der Waals surface area contributed by atoms with Gasteiger partial charge in [0, 0.05) is 18.2 Å². The molecule has 0 radical (unpaired) electrons. The van der Waals surface area contributed by atoms with Gasteiger partial charge in [0.05, 0.1) is 27.3 Å². The molecule has 114 valence electrons. The van der Waals surface area contributed by atoms with Gasteiger partial charge in [0.15, 0.2) is 0 Å². The molecule has 1 aromatic carbocycles. The zero-order chi connectivity index (χ0) is 15.6. The number of non-ortho nitro benzene ring substituents is 1. The molecule has 0 saturated heterocycles. The van der Waals surface area contributed by atoms with E-state index >= 15 is 0 Å². The molecule has 1 aliphatic carbocycles. The molecule has 0 aromatic heterocycles. The van der Waals surface area contributed by atoms with E-state index < -0.39 is 10.8 Å². The van der Waals surface area contributed by atoms with Crippen LogP contribution in [0.3, 0.4) is 0 Å². The molecule has 7 nitrogen and oxygen atoms in total. The number of rotatable bonds is 3. The highest BCUT2D eigenvalue weighted by Gasteiger charge is 2.24. The Kier molecular flexibility index (Phi) is 4.64. The zero-order valence-electron chi connectivity index (χ0n) is 11.2. The van der Waals surface area contributed by atoms with Gasteiger partial charge in [0.2, 0.25) is 0 Å². The summed E-state index contributed by atoms with van der Waals surface area (Å²) in [5.74, 6) is -0.487. The van der Waals surface area contributed by atoms with Crippen LogP contribution < -0.4 is 11.1 Å². The molecule has 8 heteroatoms. The summed E-state index contributed by atoms with van der Waals surface area (Å²) in [6, 6.07) is 2.16. The number of benzene rings is 1. The fourth-order valence-corrected chi connectivity index (χ4v) is 2.59. The maximum atomic E-state index is 12.2. The molecule has 1 amide bonds. The van der Waals surface area contributed by atoms with Gasteiger partial charge in [-0.2, -0.15) is 0 Å². The lowest BCUT2D eigenvalue weighted by molar-refractivity contribution is -0.384. The Morgan fingerprint density at radius 2 is 2.00 bits per heavy atom. The van der Waals surface area contributed by atoms with Crippen LogP contribution in [0.1, 0.15) is 36.0 Å². The van der Waals surface area contributed by atoms with Crippen molar-refractivity contribution in [1.82, 2.24) is 5.32 Å². The summed E-state index contributed by atoms with van der Waals surface area (Å²) in [5, 5.41) is 23.0. The minimum absolute atomic E-state index is 0.000298. The second-order valence-electron chi connectivity index (χ2n) is 5.12. The molecule has 0 aliphatic heterocycles. The van der Waals surface area contributed by atoms with Gasteiger partial charge in [-0.1, -0.05) is 11.6 Å². The molecule has 1 fully saturated rings. The van der Waals surface area contributed by atoms with E-state index in [0.717, 1.165) is 12.1 Å². The number of nitrogens with zero attached hydrogens (tertiary/aromatic N) is 1. The predicted octanol–water partition coefficient (Wildman–Crippen LogP) is 1.86. The summed E-state index contributed by atoms with van der Waals surface area (Å²) in [5.41, 5.74) is 5.47. The minimum atomic E-state index is -0.626. The molecule has 1 aliphatic rings. The van der Waals surface area contributed by atoms with Crippen molar-refractivity contribution in [2.45, 2.75) is 37.8 Å². The van der Waals surface area contributed by atoms with Crippen LogP contribution in [0.2, 0.25) is 5.02 Å². The molecule has 1 aromatic rings. The van der Waals surface area contributed by atoms with E-state index in [4.69, 9.17) is 17.3 Å². The lowest BCUT2D eigenvalue weighted by Gasteiger charge is -2.26. The highest BCUT2D eigenvalue weighted by Crippen LogP contribution is 2.29. The predicted molar refractivity (Wildman–Crippen MR) is 78.2 cm³/mol. The van der Waals surface area contributed by atoms with Crippen molar-refractivity contribution in [2.75, 3.05) is 5.73 Å². The Hall–Kier alpha value is -1.86. The minimum Gasteiger partial charge on any atom is -0.397 e. The molecule has 1 saturated carbocycles. The topological polar surface area (TPSA) is 118 Å². The van der Waals surface area contributed by atoms with Gasteiger partial charge >= 0.3 is 0 Å². The van der Waals surface area contributed by atoms with Crippen molar-refractivity contribution in [1.29, 1.82) is 0 Å². The Bertz CT molecular complexity index is 571. The van der Waals surface area contributed by atoms with E-state index in [1.807, 2.05) is 0 Å². The summed E-state index contributed by atoms with van der Waals surface area (Å²) < 4.78 is 0. The first-order chi connectivity index (χ1) is 9.88. The Balaban J connectivity index is 2.17. The maximum Gasteiger partial charge on any atom is 0.271 e. The first-order valence-electron chi connectivity index (χ1n) is 6.61. The van der Waals surface area contributed by atoms with Crippen molar-refractivity contribution >= 4 is 28.9 Å². The van der Waals surface area contributed by atoms with Gasteiger partial charge in [-0.15, -0.1) is 0 Å². The molecular weight excluding hydrogens is 298 g/mol. The summed E-state index contributed by atoms with van der Waals surface area (Å²) in [4.78, 5) is 22.4. The molecule has 21 heavy (non-hydrogen) atoms. The number of nitrogen functional groups attached to an aromatic ring is 1. The summed E-state index contributed by atoms with van der Waals surface area (Å²) >= 11 is 5.83. The van der Waals surface area contributed by atoms with Gasteiger partial charge in [-0.05, 0) is 25.7 Å². The first kappa shape index (κ1) is 15.5. The normalized spacial score (nSPS) is 21.8. The third-order valence-electron chi connectivity index (χ3n) is 3.60. The number of amides is 1. The fraction of sp³-hybridized carbons (Fsp3) is 0.462. The zero-order valence-corrected chi connectivity index (χ0v) is 12.0. The summed E-state index contributed by atoms with van der Waals surface area (Å²) in [6.45, 7) is 0. The van der Waals surface area contributed by atoms with Crippen LogP contribution in [-0.2, 0) is 0 Å². The first-order valence-corrected chi connectivity index (χ1v) is 6.98. The van der Waals surface area contributed by atoms with Crippen LogP contribution in [0.15, 0.2) is 12.1 Å². The van der Waals surface area contributed by atoms with Gasteiger partial charge in [-0.25, -0.2) is 0 Å². The van der Waals surface area contributed by atoms with Crippen molar-refractivity contribution in [3.05, 3.63) is 32.8 Å². The van der Waals surface area contributed by atoms with E-state index in [-0.39, 0.29) is 34.1 Å². The number of halogens is 1. The number of aliphatic hydroxyl groups excluding tert-OH is 1. The standard InChI is InChI=1S/C13H16ClN3O4/c14-11-6-8(17(20)21)5-10(12(11)15)13(19)16-7-1-3-9(18)4-2-7/h5-7,9,18H,1-4,15H2,(H,16,19). The number of nitro groups is 1. The number of anilines is 1. The quantitative estimate of drug-likeness (QED) is 0.447. The SMILES string of the molecule is Nc1c(Cl)cc([N+](=O)[O-])cc1C(=O)NC1CCC(O)CC1. The lowest BCUT2D eigenvalue weighted by atomic mass is 9.93. The largest absolute Gasteiger partial charge is 0.397 e. The molecule has 0 bridgehead atoms. The van der Waals surface area contributed by atoms with E-state index in [9.17, 15) is 20.0 Å². The monoisotopic (exact) mass is 313 g/mol. The van der Waals surface area contributed by atoms with Gasteiger partial charge in [-0.3, -0.25) is 14.9 Å². The molecule has 0 spiro atoms. The summed E-state index contributed by atoms with van der Waals surface area (Å²) in [7, 11) is 0. The number of nitrogens with one attached hydrogen (secondary N) is 1. The number of nitrogens with two attached hydrogens (primary N) is 1. The van der Waals surface area contributed by atoms with E-state index in [2.05, 4.69) is 5.32 Å². The van der Waals surface area contributed by atoms with E-state index in [0.29, 0.717) is 25.7 Å². The van der Waals surface area contributed by atoms with Crippen molar-refractivity contribution in [3.63, 3.8) is 0 Å².